The first kappa shape index (κ1) is 22.9. The molecule has 0 saturated heterocycles. The number of amides is 1. The van der Waals surface area contributed by atoms with Crippen LogP contribution >= 0.6 is 0 Å². The fraction of sp³-hybridized carbons (Fsp3) is 0.400. The number of nitrogens with zero attached hydrogens (tertiary/aromatic N) is 4. The minimum Gasteiger partial charge on any atom is -0.457 e. The maximum Gasteiger partial charge on any atom is 0.222 e. The highest BCUT2D eigenvalue weighted by Crippen LogP contribution is 2.23. The molecule has 0 radical (unpaired) electrons. The first-order valence-electron chi connectivity index (χ1n) is 11.4. The van der Waals surface area contributed by atoms with Crippen LogP contribution in [0.25, 0.3) is 0 Å². The van der Waals surface area contributed by atoms with E-state index >= 15 is 0 Å². The average molecular weight is 450 g/mol. The maximum atomic E-state index is 12.1. The van der Waals surface area contributed by atoms with E-state index in [1.807, 2.05) is 49.4 Å². The van der Waals surface area contributed by atoms with Crippen LogP contribution in [0.1, 0.15) is 36.6 Å². The molecule has 8 heteroatoms. The molecule has 0 aliphatic carbocycles. The van der Waals surface area contributed by atoms with E-state index in [-0.39, 0.29) is 11.9 Å². The Bertz CT molecular complexity index is 1050. The fourth-order valence-corrected chi connectivity index (χ4v) is 4.03. The lowest BCUT2D eigenvalue weighted by molar-refractivity contribution is -0.122. The Morgan fingerprint density at radius 2 is 1.88 bits per heavy atom. The predicted octanol–water partition coefficient (Wildman–Crippen LogP) is 3.34. The van der Waals surface area contributed by atoms with E-state index in [0.717, 1.165) is 55.7 Å². The van der Waals surface area contributed by atoms with Crippen LogP contribution in [0.3, 0.4) is 0 Å². The molecule has 2 heterocycles. The second-order valence-corrected chi connectivity index (χ2v) is 8.25. The van der Waals surface area contributed by atoms with E-state index in [0.29, 0.717) is 13.0 Å². The monoisotopic (exact) mass is 449 g/mol. The lowest BCUT2D eigenvalue weighted by atomic mass is 10.2. The van der Waals surface area contributed by atoms with Gasteiger partial charge in [-0.25, -0.2) is 0 Å². The van der Waals surface area contributed by atoms with Crippen LogP contribution in [-0.4, -0.2) is 52.4 Å². The van der Waals surface area contributed by atoms with Gasteiger partial charge in [-0.2, -0.15) is 0 Å². The van der Waals surface area contributed by atoms with Crippen LogP contribution in [0, 0.1) is 0 Å². The standard InChI is InChI=1S/C25H31N5O3/c1-19(26-24(31)12-16-32-2)25-28-27-23-11-13-29(14-15-30(23)25)18-20-7-6-10-22(17-20)33-21-8-4-3-5-9-21/h3-10,17,19H,11-16,18H2,1-2H3,(H,26,31)/t19-/m0/s1. The third kappa shape index (κ3) is 6.18. The Hall–Kier alpha value is -3.23. The summed E-state index contributed by atoms with van der Waals surface area (Å²) in [5.74, 6) is 3.39. The zero-order valence-electron chi connectivity index (χ0n) is 19.2. The highest BCUT2D eigenvalue weighted by molar-refractivity contribution is 5.76. The number of ether oxygens (including phenoxy) is 2. The molecular formula is C25H31N5O3. The summed E-state index contributed by atoms with van der Waals surface area (Å²) < 4.78 is 13.1. The van der Waals surface area contributed by atoms with E-state index in [4.69, 9.17) is 9.47 Å². The molecule has 33 heavy (non-hydrogen) atoms. The molecule has 8 nitrogen and oxygen atoms in total. The van der Waals surface area contributed by atoms with Crippen LogP contribution in [0.5, 0.6) is 11.5 Å². The van der Waals surface area contributed by atoms with Crippen molar-refractivity contribution < 1.29 is 14.3 Å². The van der Waals surface area contributed by atoms with Crippen molar-refractivity contribution in [2.75, 3.05) is 26.8 Å². The lowest BCUT2D eigenvalue weighted by Gasteiger charge is -2.20. The van der Waals surface area contributed by atoms with Gasteiger partial charge < -0.3 is 19.4 Å². The number of carbonyl (C=O) groups is 1. The number of methoxy groups -OCH3 is 1. The van der Waals surface area contributed by atoms with Crippen molar-refractivity contribution in [2.45, 2.75) is 38.9 Å². The molecule has 0 bridgehead atoms. The van der Waals surface area contributed by atoms with Crippen LogP contribution in [-0.2, 0) is 29.0 Å². The molecule has 1 aromatic heterocycles. The molecule has 1 amide bonds. The normalized spacial score (nSPS) is 14.8. The van der Waals surface area contributed by atoms with Gasteiger partial charge in [0.15, 0.2) is 5.82 Å². The Morgan fingerprint density at radius 3 is 2.70 bits per heavy atom. The van der Waals surface area contributed by atoms with Crippen molar-refractivity contribution >= 4 is 5.91 Å². The van der Waals surface area contributed by atoms with Gasteiger partial charge in [0.1, 0.15) is 17.3 Å². The number of carbonyl (C=O) groups excluding carboxylic acids is 1. The molecule has 0 spiro atoms. The molecule has 0 saturated carbocycles. The summed E-state index contributed by atoms with van der Waals surface area (Å²) in [6, 6.07) is 17.9. The first-order valence-corrected chi connectivity index (χ1v) is 11.4. The number of hydrogen-bond donors (Lipinski definition) is 1. The van der Waals surface area contributed by atoms with Gasteiger partial charge in [-0.05, 0) is 36.8 Å². The number of para-hydroxylation sites is 1. The molecule has 2 aromatic carbocycles. The van der Waals surface area contributed by atoms with E-state index in [1.165, 1.54) is 5.56 Å². The Labute approximate surface area is 194 Å². The maximum absolute atomic E-state index is 12.1. The smallest absolute Gasteiger partial charge is 0.222 e. The van der Waals surface area contributed by atoms with E-state index < -0.39 is 0 Å². The van der Waals surface area contributed by atoms with Crippen molar-refractivity contribution in [3.63, 3.8) is 0 Å². The number of hydrogen-bond acceptors (Lipinski definition) is 6. The van der Waals surface area contributed by atoms with Gasteiger partial charge in [-0.15, -0.1) is 10.2 Å². The van der Waals surface area contributed by atoms with Crippen molar-refractivity contribution in [3.05, 3.63) is 71.8 Å². The fourth-order valence-electron chi connectivity index (χ4n) is 4.03. The van der Waals surface area contributed by atoms with Crippen molar-refractivity contribution in [2.24, 2.45) is 0 Å². The number of aromatic nitrogens is 3. The van der Waals surface area contributed by atoms with Gasteiger partial charge >= 0.3 is 0 Å². The van der Waals surface area contributed by atoms with Crippen LogP contribution in [0.4, 0.5) is 0 Å². The van der Waals surface area contributed by atoms with Gasteiger partial charge in [-0.3, -0.25) is 9.69 Å². The zero-order chi connectivity index (χ0) is 23.0. The van der Waals surface area contributed by atoms with E-state index in [1.54, 1.807) is 7.11 Å². The van der Waals surface area contributed by atoms with Crippen LogP contribution in [0.15, 0.2) is 54.6 Å². The van der Waals surface area contributed by atoms with E-state index in [2.05, 4.69) is 37.1 Å². The molecule has 174 valence electrons. The third-order valence-electron chi connectivity index (χ3n) is 5.73. The largest absolute Gasteiger partial charge is 0.457 e. The average Bonchev–Trinajstić information content (AvgIpc) is 3.13. The summed E-state index contributed by atoms with van der Waals surface area (Å²) >= 11 is 0. The number of rotatable bonds is 9. The molecule has 1 atom stereocenters. The summed E-state index contributed by atoms with van der Waals surface area (Å²) in [6.07, 6.45) is 1.15. The molecule has 4 rings (SSSR count). The molecule has 0 fully saturated rings. The minimum absolute atomic E-state index is 0.0467. The number of fused-ring (bicyclic) bond motifs is 1. The van der Waals surface area contributed by atoms with Gasteiger partial charge in [0.25, 0.3) is 0 Å². The van der Waals surface area contributed by atoms with Crippen molar-refractivity contribution in [1.29, 1.82) is 0 Å². The number of nitrogens with one attached hydrogen (secondary N) is 1. The first-order chi connectivity index (χ1) is 16.1. The molecule has 1 N–H and O–H groups in total. The lowest BCUT2D eigenvalue weighted by Crippen LogP contribution is -2.30. The quantitative estimate of drug-likeness (QED) is 0.540. The second kappa shape index (κ2) is 11.1. The molecular weight excluding hydrogens is 418 g/mol. The summed E-state index contributed by atoms with van der Waals surface area (Å²) in [5.41, 5.74) is 1.21. The third-order valence-corrected chi connectivity index (χ3v) is 5.73. The Kier molecular flexibility index (Phi) is 7.70. The summed E-state index contributed by atoms with van der Waals surface area (Å²) in [6.45, 7) is 5.76. The van der Waals surface area contributed by atoms with Crippen LogP contribution in [0.2, 0.25) is 0 Å². The molecule has 0 unspecified atom stereocenters. The highest BCUT2D eigenvalue weighted by atomic mass is 16.5. The predicted molar refractivity (Wildman–Crippen MR) is 125 cm³/mol. The SMILES string of the molecule is COCCC(=O)N[C@@H](C)c1nnc2n1CCN(Cc1cccc(Oc3ccccc3)c1)CC2. The van der Waals surface area contributed by atoms with Gasteiger partial charge in [-0.1, -0.05) is 30.3 Å². The van der Waals surface area contributed by atoms with Gasteiger partial charge in [0.05, 0.1) is 12.6 Å². The van der Waals surface area contributed by atoms with Crippen LogP contribution < -0.4 is 10.1 Å². The minimum atomic E-state index is -0.200. The zero-order valence-corrected chi connectivity index (χ0v) is 19.2. The highest BCUT2D eigenvalue weighted by Gasteiger charge is 2.22. The second-order valence-electron chi connectivity index (χ2n) is 8.25. The van der Waals surface area contributed by atoms with E-state index in [9.17, 15) is 4.79 Å². The van der Waals surface area contributed by atoms with Crippen molar-refractivity contribution in [1.82, 2.24) is 25.0 Å². The summed E-state index contributed by atoms with van der Waals surface area (Å²) in [7, 11) is 1.59. The summed E-state index contributed by atoms with van der Waals surface area (Å²) in [5, 5.41) is 11.8. The molecule has 1 aliphatic heterocycles. The van der Waals surface area contributed by atoms with Gasteiger partial charge in [0, 0.05) is 46.1 Å². The summed E-state index contributed by atoms with van der Waals surface area (Å²) in [4.78, 5) is 14.5. The Morgan fingerprint density at radius 1 is 1.06 bits per heavy atom. The molecule has 1 aliphatic rings. The van der Waals surface area contributed by atoms with Gasteiger partial charge in [0.2, 0.25) is 5.91 Å². The Balaban J connectivity index is 1.36. The topological polar surface area (TPSA) is 81.5 Å². The number of benzene rings is 2. The van der Waals surface area contributed by atoms with Crippen molar-refractivity contribution in [3.8, 4) is 11.5 Å². The molecule has 3 aromatic rings.